The normalized spacial score (nSPS) is 18.7. The van der Waals surface area contributed by atoms with Crippen LogP contribution in [0.15, 0.2) is 47.7 Å². The van der Waals surface area contributed by atoms with E-state index >= 15 is 0 Å². The van der Waals surface area contributed by atoms with Crippen molar-refractivity contribution in [2.45, 2.75) is 24.8 Å². The van der Waals surface area contributed by atoms with Crippen LogP contribution in [0.2, 0.25) is 0 Å². The lowest BCUT2D eigenvalue weighted by Gasteiger charge is -2.34. The first-order valence-electron chi connectivity index (χ1n) is 12.5. The number of hydrogen-bond acceptors (Lipinski definition) is 9. The molecule has 190 valence electrons. The van der Waals surface area contributed by atoms with E-state index in [1.165, 1.54) is 0 Å². The van der Waals surface area contributed by atoms with Crippen molar-refractivity contribution in [2.24, 2.45) is 5.10 Å². The topological polar surface area (TPSA) is 86.5 Å². The zero-order valence-electron chi connectivity index (χ0n) is 21.2. The molecule has 1 N–H and O–H groups in total. The van der Waals surface area contributed by atoms with E-state index in [-0.39, 0.29) is 12.5 Å². The number of fused-ring (bicyclic) bond motifs is 1. The molecule has 2 aromatic carbocycles. The van der Waals surface area contributed by atoms with Gasteiger partial charge in [0.05, 0.1) is 43.5 Å². The van der Waals surface area contributed by atoms with Gasteiger partial charge in [-0.05, 0) is 51.2 Å². The number of hydrogen-bond donors (Lipinski definition) is 1. The van der Waals surface area contributed by atoms with Gasteiger partial charge < -0.3 is 24.4 Å². The Balaban J connectivity index is 1.40. The average Bonchev–Trinajstić information content (AvgIpc) is 3.41. The highest BCUT2D eigenvalue weighted by atomic mass is 16.5. The fourth-order valence-electron chi connectivity index (χ4n) is 4.98. The van der Waals surface area contributed by atoms with Crippen molar-refractivity contribution in [3.8, 4) is 11.5 Å². The van der Waals surface area contributed by atoms with E-state index in [4.69, 9.17) is 19.6 Å². The number of nitrogens with zero attached hydrogens (tertiary/aromatic N) is 6. The minimum absolute atomic E-state index is 0.00535. The summed E-state index contributed by atoms with van der Waals surface area (Å²) in [5.74, 6) is 1.50. The first kappa shape index (κ1) is 24.3. The summed E-state index contributed by atoms with van der Waals surface area (Å²) in [6.45, 7) is 3.48. The van der Waals surface area contributed by atoms with Gasteiger partial charge in [0.15, 0.2) is 0 Å². The molecule has 0 aliphatic carbocycles. The van der Waals surface area contributed by atoms with E-state index in [1.807, 2.05) is 53.7 Å². The van der Waals surface area contributed by atoms with Crippen LogP contribution in [0.1, 0.15) is 24.5 Å². The second-order valence-corrected chi connectivity index (χ2v) is 9.44. The Morgan fingerprint density at radius 1 is 1.00 bits per heavy atom. The smallest absolute Gasteiger partial charge is 0.124 e. The Labute approximate surface area is 212 Å². The Bertz CT molecular complexity index is 1210. The van der Waals surface area contributed by atoms with Crippen LogP contribution in [0.3, 0.4) is 0 Å². The number of aliphatic hydroxyl groups is 1. The Kier molecular flexibility index (Phi) is 7.20. The van der Waals surface area contributed by atoms with Crippen LogP contribution in [-0.4, -0.2) is 91.3 Å². The standard InChI is InChI=1S/C27H34N6O3/c1-31-8-6-20(7-9-31)33-18-19(16-29-33)27-17-28-25-5-4-21(14-26(25)30-27)32(10-11-34)22-12-23(35-2)15-24(13-22)36-3/h4-5,12-17,19-20,34H,6-11,18H2,1-3H3. The molecule has 2 aliphatic heterocycles. The average molecular weight is 491 g/mol. The van der Waals surface area contributed by atoms with Crippen LogP contribution in [0.5, 0.6) is 11.5 Å². The van der Waals surface area contributed by atoms with Gasteiger partial charge in [-0.1, -0.05) is 0 Å². The molecule has 9 heteroatoms. The summed E-state index contributed by atoms with van der Waals surface area (Å²) >= 11 is 0. The molecule has 0 bridgehead atoms. The van der Waals surface area contributed by atoms with Crippen LogP contribution in [-0.2, 0) is 0 Å². The molecule has 3 aromatic rings. The molecule has 0 spiro atoms. The van der Waals surface area contributed by atoms with E-state index in [2.05, 4.69) is 21.9 Å². The third-order valence-corrected chi connectivity index (χ3v) is 7.10. The second kappa shape index (κ2) is 10.7. The van der Waals surface area contributed by atoms with E-state index in [0.29, 0.717) is 24.1 Å². The van der Waals surface area contributed by atoms with Crippen molar-refractivity contribution >= 4 is 28.6 Å². The molecule has 5 rings (SSSR count). The van der Waals surface area contributed by atoms with Crippen LogP contribution < -0.4 is 14.4 Å². The van der Waals surface area contributed by atoms with Crippen LogP contribution in [0.4, 0.5) is 11.4 Å². The molecule has 1 aromatic heterocycles. The maximum atomic E-state index is 9.81. The molecular weight excluding hydrogens is 456 g/mol. The number of aliphatic hydroxyl groups excluding tert-OH is 1. The lowest BCUT2D eigenvalue weighted by atomic mass is 10.0. The Hall–Kier alpha value is -3.43. The van der Waals surface area contributed by atoms with E-state index in [0.717, 1.165) is 60.6 Å². The van der Waals surface area contributed by atoms with Gasteiger partial charge in [0.25, 0.3) is 0 Å². The van der Waals surface area contributed by atoms with E-state index in [9.17, 15) is 5.11 Å². The van der Waals surface area contributed by atoms with E-state index < -0.39 is 0 Å². The summed E-state index contributed by atoms with van der Waals surface area (Å²) in [7, 11) is 5.43. The van der Waals surface area contributed by atoms with Gasteiger partial charge >= 0.3 is 0 Å². The van der Waals surface area contributed by atoms with Crippen molar-refractivity contribution in [1.82, 2.24) is 19.9 Å². The van der Waals surface area contributed by atoms with Crippen molar-refractivity contribution in [3.05, 3.63) is 48.3 Å². The Morgan fingerprint density at radius 3 is 2.44 bits per heavy atom. The first-order chi connectivity index (χ1) is 17.6. The first-order valence-corrected chi connectivity index (χ1v) is 12.5. The highest BCUT2D eigenvalue weighted by Gasteiger charge is 2.29. The molecule has 1 fully saturated rings. The monoisotopic (exact) mass is 490 g/mol. The molecule has 2 aliphatic rings. The summed E-state index contributed by atoms with van der Waals surface area (Å²) in [4.78, 5) is 14.1. The van der Waals surface area contributed by atoms with Crippen LogP contribution in [0.25, 0.3) is 11.0 Å². The minimum Gasteiger partial charge on any atom is -0.497 e. The van der Waals surface area contributed by atoms with Crippen molar-refractivity contribution in [2.75, 3.05) is 59.0 Å². The molecule has 1 unspecified atom stereocenters. The number of ether oxygens (including phenoxy) is 2. The minimum atomic E-state index is -0.00535. The van der Waals surface area contributed by atoms with Gasteiger partial charge in [0.2, 0.25) is 0 Å². The zero-order chi connectivity index (χ0) is 25.1. The van der Waals surface area contributed by atoms with Crippen LogP contribution in [0, 0.1) is 0 Å². The van der Waals surface area contributed by atoms with E-state index in [1.54, 1.807) is 14.2 Å². The predicted molar refractivity (Wildman–Crippen MR) is 142 cm³/mol. The molecule has 0 saturated carbocycles. The van der Waals surface area contributed by atoms with Crippen molar-refractivity contribution < 1.29 is 14.6 Å². The molecule has 3 heterocycles. The summed E-state index contributed by atoms with van der Waals surface area (Å²) in [5, 5.41) is 16.8. The highest BCUT2D eigenvalue weighted by Crippen LogP contribution is 2.34. The fraction of sp³-hybridized carbons (Fsp3) is 0.444. The summed E-state index contributed by atoms with van der Waals surface area (Å²) in [6.07, 6.45) is 6.17. The number of piperidine rings is 1. The maximum Gasteiger partial charge on any atom is 0.124 e. The van der Waals surface area contributed by atoms with Gasteiger partial charge in [-0.2, -0.15) is 5.10 Å². The van der Waals surface area contributed by atoms with Crippen molar-refractivity contribution in [3.63, 3.8) is 0 Å². The largest absolute Gasteiger partial charge is 0.497 e. The quantitative estimate of drug-likeness (QED) is 0.515. The van der Waals surface area contributed by atoms with Gasteiger partial charge in [0, 0.05) is 61.1 Å². The number of rotatable bonds is 8. The zero-order valence-corrected chi connectivity index (χ0v) is 21.2. The summed E-state index contributed by atoms with van der Waals surface area (Å²) in [6, 6.07) is 12.2. The third kappa shape index (κ3) is 5.08. The van der Waals surface area contributed by atoms with Crippen molar-refractivity contribution in [1.29, 1.82) is 0 Å². The molecule has 0 radical (unpaired) electrons. The lowest BCUT2D eigenvalue weighted by molar-refractivity contribution is 0.132. The molecule has 9 nitrogen and oxygen atoms in total. The number of anilines is 2. The van der Waals surface area contributed by atoms with Gasteiger partial charge in [-0.15, -0.1) is 0 Å². The Morgan fingerprint density at radius 2 is 1.75 bits per heavy atom. The maximum absolute atomic E-state index is 9.81. The molecular formula is C27H34N6O3. The highest BCUT2D eigenvalue weighted by molar-refractivity contribution is 5.82. The number of benzene rings is 2. The van der Waals surface area contributed by atoms with Gasteiger partial charge in [-0.3, -0.25) is 9.99 Å². The molecule has 1 atom stereocenters. The number of methoxy groups -OCH3 is 2. The summed E-state index contributed by atoms with van der Waals surface area (Å²) in [5.41, 5.74) is 4.34. The van der Waals surface area contributed by atoms with Crippen LogP contribution >= 0.6 is 0 Å². The van der Waals surface area contributed by atoms with Gasteiger partial charge in [0.1, 0.15) is 11.5 Å². The number of hydrazone groups is 1. The molecule has 0 amide bonds. The summed E-state index contributed by atoms with van der Waals surface area (Å²) < 4.78 is 10.9. The second-order valence-electron chi connectivity index (χ2n) is 9.44. The lowest BCUT2D eigenvalue weighted by Crippen LogP contribution is -2.41. The fourth-order valence-corrected chi connectivity index (χ4v) is 4.98. The predicted octanol–water partition coefficient (Wildman–Crippen LogP) is 3.26. The SMILES string of the molecule is COc1cc(OC)cc(N(CCO)c2ccc3ncc(C4C=NN(C5CCN(C)CC5)C4)nc3c2)c1. The number of likely N-dealkylation sites (tertiary alicyclic amines) is 1. The van der Waals surface area contributed by atoms with Gasteiger partial charge in [-0.25, -0.2) is 4.98 Å². The molecule has 36 heavy (non-hydrogen) atoms. The number of aromatic nitrogens is 2. The third-order valence-electron chi connectivity index (χ3n) is 7.10. The molecule has 1 saturated heterocycles.